The first-order valence-corrected chi connectivity index (χ1v) is 13.9. The highest BCUT2D eigenvalue weighted by molar-refractivity contribution is 7.92. The Morgan fingerprint density at radius 3 is 2.19 bits per heavy atom. The Bertz CT molecular complexity index is 1350. The van der Waals surface area contributed by atoms with Gasteiger partial charge in [0.1, 0.15) is 12.6 Å². The van der Waals surface area contributed by atoms with Gasteiger partial charge in [0.2, 0.25) is 11.8 Å². The van der Waals surface area contributed by atoms with Crippen LogP contribution in [0, 0.1) is 6.92 Å². The minimum Gasteiger partial charge on any atom is -0.355 e. The molecule has 0 radical (unpaired) electrons. The number of benzene rings is 3. The third kappa shape index (κ3) is 7.25. The normalized spacial score (nSPS) is 12.0. The van der Waals surface area contributed by atoms with Crippen LogP contribution in [0.25, 0.3) is 0 Å². The fraction of sp³-hybridized carbons (Fsp3) is 0.259. The Morgan fingerprint density at radius 1 is 0.946 bits per heavy atom. The molecule has 0 unspecified atom stereocenters. The number of halogens is 2. The Kier molecular flexibility index (Phi) is 9.59. The van der Waals surface area contributed by atoms with Gasteiger partial charge in [-0.25, -0.2) is 8.42 Å². The van der Waals surface area contributed by atoms with Gasteiger partial charge in [0, 0.05) is 23.1 Å². The summed E-state index contributed by atoms with van der Waals surface area (Å²) in [6, 6.07) is 18.7. The van der Waals surface area contributed by atoms with Gasteiger partial charge in [-0.05, 0) is 68.8 Å². The number of aryl methyl sites for hydroxylation is 1. The van der Waals surface area contributed by atoms with Crippen LogP contribution >= 0.6 is 23.2 Å². The minimum absolute atomic E-state index is 0.0356. The molecule has 0 aromatic heterocycles. The van der Waals surface area contributed by atoms with Crippen molar-refractivity contribution in [1.82, 2.24) is 10.2 Å². The lowest BCUT2D eigenvalue weighted by Gasteiger charge is -2.32. The molecule has 37 heavy (non-hydrogen) atoms. The van der Waals surface area contributed by atoms with Crippen LogP contribution in [0.3, 0.4) is 0 Å². The van der Waals surface area contributed by atoms with Crippen molar-refractivity contribution >= 4 is 50.7 Å². The van der Waals surface area contributed by atoms with Gasteiger partial charge < -0.3 is 10.2 Å². The molecule has 3 aromatic carbocycles. The largest absolute Gasteiger partial charge is 0.355 e. The van der Waals surface area contributed by atoms with E-state index < -0.39 is 28.5 Å². The van der Waals surface area contributed by atoms with E-state index in [1.807, 2.05) is 31.2 Å². The summed E-state index contributed by atoms with van der Waals surface area (Å²) >= 11 is 12.1. The zero-order valence-electron chi connectivity index (χ0n) is 20.8. The Labute approximate surface area is 228 Å². The fourth-order valence-electron chi connectivity index (χ4n) is 3.69. The van der Waals surface area contributed by atoms with Crippen LogP contribution in [0.1, 0.15) is 25.0 Å². The molecular formula is C27H29Cl2N3O4S. The van der Waals surface area contributed by atoms with Crippen LogP contribution < -0.4 is 9.62 Å². The predicted octanol–water partition coefficient (Wildman–Crippen LogP) is 5.05. The Morgan fingerprint density at radius 2 is 1.59 bits per heavy atom. The van der Waals surface area contributed by atoms with Crippen molar-refractivity contribution < 1.29 is 18.0 Å². The first-order chi connectivity index (χ1) is 17.5. The number of hydrogen-bond donors (Lipinski definition) is 1. The molecule has 196 valence electrons. The summed E-state index contributed by atoms with van der Waals surface area (Å²) < 4.78 is 28.4. The van der Waals surface area contributed by atoms with E-state index in [0.717, 1.165) is 15.4 Å². The molecule has 0 aliphatic rings. The van der Waals surface area contributed by atoms with E-state index in [1.165, 1.54) is 35.2 Å². The van der Waals surface area contributed by atoms with Gasteiger partial charge in [0.05, 0.1) is 10.6 Å². The molecule has 0 aliphatic carbocycles. The average molecular weight is 563 g/mol. The molecule has 0 spiro atoms. The second-order valence-electron chi connectivity index (χ2n) is 8.52. The van der Waals surface area contributed by atoms with Crippen molar-refractivity contribution in [3.63, 3.8) is 0 Å². The van der Waals surface area contributed by atoms with Crippen molar-refractivity contribution in [1.29, 1.82) is 0 Å². The maximum Gasteiger partial charge on any atom is 0.264 e. The molecule has 3 rings (SSSR count). The standard InChI is InChI=1S/C27H29Cl2N3O4S/c1-4-30-27(34)20(3)31(17-21-10-8-19(2)9-11-21)26(33)18-32(24-7-5-6-23(29)16-24)37(35,36)25-14-12-22(28)13-15-25/h5-16,20H,4,17-18H2,1-3H3,(H,30,34)/t20-/m0/s1. The molecule has 0 saturated heterocycles. The molecule has 1 N–H and O–H groups in total. The third-order valence-electron chi connectivity index (χ3n) is 5.77. The maximum atomic E-state index is 13.8. The minimum atomic E-state index is -4.18. The number of hydrogen-bond acceptors (Lipinski definition) is 4. The second kappa shape index (κ2) is 12.4. The smallest absolute Gasteiger partial charge is 0.264 e. The number of rotatable bonds is 10. The Hall–Kier alpha value is -3.07. The number of sulfonamides is 1. The molecule has 2 amide bonds. The second-order valence-corrected chi connectivity index (χ2v) is 11.3. The molecule has 1 atom stereocenters. The van der Waals surface area contributed by atoms with Crippen LogP contribution in [0.2, 0.25) is 10.0 Å². The zero-order valence-corrected chi connectivity index (χ0v) is 23.1. The first kappa shape index (κ1) is 28.5. The summed E-state index contributed by atoms with van der Waals surface area (Å²) in [5.41, 5.74) is 2.08. The van der Waals surface area contributed by atoms with E-state index in [2.05, 4.69) is 5.32 Å². The molecule has 3 aromatic rings. The van der Waals surface area contributed by atoms with Crippen molar-refractivity contribution in [2.45, 2.75) is 38.3 Å². The van der Waals surface area contributed by atoms with E-state index >= 15 is 0 Å². The van der Waals surface area contributed by atoms with E-state index in [9.17, 15) is 18.0 Å². The summed E-state index contributed by atoms with van der Waals surface area (Å²) in [5.74, 6) is -0.880. The summed E-state index contributed by atoms with van der Waals surface area (Å²) in [6.07, 6.45) is 0. The molecule has 7 nitrogen and oxygen atoms in total. The zero-order chi connectivity index (χ0) is 27.2. The number of anilines is 1. The van der Waals surface area contributed by atoms with E-state index in [1.54, 1.807) is 32.0 Å². The Balaban J connectivity index is 2.02. The lowest BCUT2D eigenvalue weighted by atomic mass is 10.1. The number of likely N-dealkylation sites (N-methyl/N-ethyl adjacent to an activating group) is 1. The van der Waals surface area contributed by atoms with Gasteiger partial charge in [0.25, 0.3) is 10.0 Å². The topological polar surface area (TPSA) is 86.8 Å². The molecule has 0 saturated carbocycles. The van der Waals surface area contributed by atoms with Gasteiger partial charge in [-0.1, -0.05) is 59.1 Å². The number of amides is 2. The summed E-state index contributed by atoms with van der Waals surface area (Å²) in [7, 11) is -4.18. The highest BCUT2D eigenvalue weighted by atomic mass is 35.5. The van der Waals surface area contributed by atoms with Crippen molar-refractivity contribution in [3.8, 4) is 0 Å². The van der Waals surface area contributed by atoms with Gasteiger partial charge >= 0.3 is 0 Å². The molecule has 10 heteroatoms. The highest BCUT2D eigenvalue weighted by Gasteiger charge is 2.32. The summed E-state index contributed by atoms with van der Waals surface area (Å²) in [5, 5.41) is 3.43. The third-order valence-corrected chi connectivity index (χ3v) is 8.04. The number of carbonyl (C=O) groups excluding carboxylic acids is 2. The number of nitrogens with zero attached hydrogens (tertiary/aromatic N) is 2. The average Bonchev–Trinajstić information content (AvgIpc) is 2.86. The first-order valence-electron chi connectivity index (χ1n) is 11.7. The van der Waals surface area contributed by atoms with E-state index in [-0.39, 0.29) is 23.0 Å². The molecular weight excluding hydrogens is 533 g/mol. The van der Waals surface area contributed by atoms with Crippen LogP contribution in [-0.2, 0) is 26.2 Å². The number of carbonyl (C=O) groups is 2. The van der Waals surface area contributed by atoms with Crippen molar-refractivity contribution in [2.75, 3.05) is 17.4 Å². The van der Waals surface area contributed by atoms with Gasteiger partial charge in [-0.15, -0.1) is 0 Å². The van der Waals surface area contributed by atoms with E-state index in [4.69, 9.17) is 23.2 Å². The fourth-order valence-corrected chi connectivity index (χ4v) is 5.41. The molecule has 0 heterocycles. The molecule has 0 bridgehead atoms. The van der Waals surface area contributed by atoms with Crippen molar-refractivity contribution in [3.05, 3.63) is 94.0 Å². The summed E-state index contributed by atoms with van der Waals surface area (Å²) in [4.78, 5) is 27.8. The maximum absolute atomic E-state index is 13.8. The van der Waals surface area contributed by atoms with Gasteiger partial charge in [-0.2, -0.15) is 0 Å². The van der Waals surface area contributed by atoms with Gasteiger partial charge in [0.15, 0.2) is 0 Å². The van der Waals surface area contributed by atoms with Crippen LogP contribution in [0.5, 0.6) is 0 Å². The molecule has 0 aliphatic heterocycles. The van der Waals surface area contributed by atoms with Crippen LogP contribution in [-0.4, -0.2) is 44.3 Å². The SMILES string of the molecule is CCNC(=O)[C@H](C)N(Cc1ccc(C)cc1)C(=O)CN(c1cccc(Cl)c1)S(=O)(=O)c1ccc(Cl)cc1. The molecule has 0 fully saturated rings. The van der Waals surface area contributed by atoms with E-state index in [0.29, 0.717) is 16.6 Å². The number of nitrogens with one attached hydrogen (secondary N) is 1. The monoisotopic (exact) mass is 561 g/mol. The van der Waals surface area contributed by atoms with Crippen molar-refractivity contribution in [2.24, 2.45) is 0 Å². The van der Waals surface area contributed by atoms with Crippen LogP contribution in [0.4, 0.5) is 5.69 Å². The van der Waals surface area contributed by atoms with Crippen LogP contribution in [0.15, 0.2) is 77.7 Å². The highest BCUT2D eigenvalue weighted by Crippen LogP contribution is 2.27. The summed E-state index contributed by atoms with van der Waals surface area (Å²) in [6.45, 7) is 5.34. The lowest BCUT2D eigenvalue weighted by molar-refractivity contribution is -0.139. The predicted molar refractivity (Wildman–Crippen MR) is 147 cm³/mol. The van der Waals surface area contributed by atoms with Gasteiger partial charge in [-0.3, -0.25) is 13.9 Å². The quantitative estimate of drug-likeness (QED) is 0.375. The lowest BCUT2D eigenvalue weighted by Crippen LogP contribution is -2.51.